The van der Waals surface area contributed by atoms with E-state index in [0.717, 1.165) is 24.0 Å². The zero-order chi connectivity index (χ0) is 10.5. The maximum absolute atomic E-state index is 9.35. The van der Waals surface area contributed by atoms with Gasteiger partial charge in [0.1, 0.15) is 0 Å². The van der Waals surface area contributed by atoms with Gasteiger partial charge in [0, 0.05) is 11.5 Å². The Balaban J connectivity index is 2.17. The number of hydrogen-bond donors (Lipinski definition) is 1. The highest BCUT2D eigenvalue weighted by atomic mass is 16.2. The van der Waals surface area contributed by atoms with E-state index in [1.807, 2.05) is 18.2 Å². The molecule has 0 atom stereocenters. The van der Waals surface area contributed by atoms with E-state index < -0.39 is 0 Å². The monoisotopic (exact) mass is 201 g/mol. The average molecular weight is 201 g/mol. The second-order valence-electron chi connectivity index (χ2n) is 4.07. The van der Waals surface area contributed by atoms with Gasteiger partial charge in [-0.3, -0.25) is 0 Å². The predicted octanol–water partition coefficient (Wildman–Crippen LogP) is 4.12. The summed E-state index contributed by atoms with van der Waals surface area (Å²) in [6.45, 7) is 0. The van der Waals surface area contributed by atoms with Crippen molar-refractivity contribution < 1.29 is 5.11 Å². The van der Waals surface area contributed by atoms with E-state index >= 15 is 0 Å². The van der Waals surface area contributed by atoms with Crippen LogP contribution in [0.5, 0.6) is 0 Å². The molecule has 1 aromatic carbocycles. The van der Waals surface area contributed by atoms with Crippen LogP contribution in [0.25, 0.3) is 5.57 Å². The minimum absolute atomic E-state index is 1.04. The van der Waals surface area contributed by atoms with Gasteiger partial charge in [0.05, 0.1) is 6.26 Å². The van der Waals surface area contributed by atoms with Crippen LogP contribution >= 0.6 is 0 Å². The average Bonchev–Trinajstić information content (AvgIpc) is 2.33. The van der Waals surface area contributed by atoms with Crippen molar-refractivity contribution >= 4 is 5.57 Å². The topological polar surface area (TPSA) is 20.2 Å². The quantitative estimate of drug-likeness (QED) is 0.713. The van der Waals surface area contributed by atoms with Crippen molar-refractivity contribution in [3.63, 3.8) is 0 Å². The van der Waals surface area contributed by atoms with Crippen molar-refractivity contribution in [3.8, 4) is 0 Å². The lowest BCUT2D eigenvalue weighted by Crippen LogP contribution is -2.06. The Morgan fingerprint density at radius 2 is 1.67 bits per heavy atom. The molecule has 0 spiro atoms. The van der Waals surface area contributed by atoms with Crippen molar-refractivity contribution in [2.75, 3.05) is 0 Å². The lowest BCUT2D eigenvalue weighted by Gasteiger charge is -2.23. The Hall–Kier alpha value is -1.24. The standard InChI is InChI=1S/C14H17O/c15-11-14(12-7-3-1-4-8-12)13-9-5-2-6-10-13/h1,3-4,7-8,11,15H,2,5-6,9-10H2/b14-11+. The lowest BCUT2D eigenvalue weighted by atomic mass is 9.81. The van der Waals surface area contributed by atoms with Crippen LogP contribution in [0.2, 0.25) is 0 Å². The molecule has 0 unspecified atom stereocenters. The molecule has 2 rings (SSSR count). The first kappa shape index (κ1) is 10.3. The first-order chi connectivity index (χ1) is 7.42. The summed E-state index contributed by atoms with van der Waals surface area (Å²) in [6, 6.07) is 10.2. The van der Waals surface area contributed by atoms with Gasteiger partial charge in [0.2, 0.25) is 0 Å². The molecule has 0 saturated heterocycles. The van der Waals surface area contributed by atoms with Crippen molar-refractivity contribution in [2.45, 2.75) is 32.1 Å². The van der Waals surface area contributed by atoms with E-state index in [-0.39, 0.29) is 0 Å². The molecule has 0 bridgehead atoms. The second kappa shape index (κ2) is 5.01. The van der Waals surface area contributed by atoms with Crippen LogP contribution in [0.15, 0.2) is 36.6 Å². The molecule has 1 aliphatic rings. The zero-order valence-electron chi connectivity index (χ0n) is 8.95. The molecule has 1 nitrogen and oxygen atoms in total. The molecule has 0 aliphatic heterocycles. The highest BCUT2D eigenvalue weighted by Crippen LogP contribution is 2.36. The lowest BCUT2D eigenvalue weighted by molar-refractivity contribution is 0.471. The van der Waals surface area contributed by atoms with Crippen LogP contribution in [-0.4, -0.2) is 5.11 Å². The summed E-state index contributed by atoms with van der Waals surface area (Å²) in [5, 5.41) is 9.35. The number of rotatable bonds is 2. The van der Waals surface area contributed by atoms with Gasteiger partial charge in [-0.05, 0) is 18.4 Å². The third-order valence-corrected chi connectivity index (χ3v) is 3.05. The SMILES string of the molecule is O/C=C(/[C]1CCCCC1)c1ccccc1. The smallest absolute Gasteiger partial charge is 0.0835 e. The van der Waals surface area contributed by atoms with Crippen molar-refractivity contribution in [2.24, 2.45) is 0 Å². The largest absolute Gasteiger partial charge is 0.515 e. The fourth-order valence-electron chi connectivity index (χ4n) is 2.24. The molecule has 0 heterocycles. The molecule has 0 amide bonds. The Kier molecular flexibility index (Phi) is 3.44. The minimum atomic E-state index is 1.04. The summed E-state index contributed by atoms with van der Waals surface area (Å²) in [5.41, 5.74) is 2.17. The summed E-state index contributed by atoms with van der Waals surface area (Å²) in [5.74, 6) is 1.41. The molecular formula is C14H17O. The van der Waals surface area contributed by atoms with E-state index in [0.29, 0.717) is 0 Å². The normalized spacial score (nSPS) is 19.1. The van der Waals surface area contributed by atoms with Crippen LogP contribution < -0.4 is 0 Å². The van der Waals surface area contributed by atoms with Crippen LogP contribution in [0.3, 0.4) is 0 Å². The van der Waals surface area contributed by atoms with E-state index in [2.05, 4.69) is 12.1 Å². The fourth-order valence-corrected chi connectivity index (χ4v) is 2.24. The number of aliphatic hydroxyl groups excluding tert-OH is 1. The molecule has 79 valence electrons. The first-order valence-electron chi connectivity index (χ1n) is 5.66. The molecule has 1 aliphatic carbocycles. The van der Waals surface area contributed by atoms with Crippen molar-refractivity contribution in [1.82, 2.24) is 0 Å². The van der Waals surface area contributed by atoms with E-state index in [1.54, 1.807) is 0 Å². The van der Waals surface area contributed by atoms with Gasteiger partial charge < -0.3 is 5.11 Å². The highest BCUT2D eigenvalue weighted by Gasteiger charge is 2.19. The van der Waals surface area contributed by atoms with Gasteiger partial charge in [0.25, 0.3) is 0 Å². The van der Waals surface area contributed by atoms with E-state index in [9.17, 15) is 5.11 Å². The van der Waals surface area contributed by atoms with Crippen molar-refractivity contribution in [1.29, 1.82) is 0 Å². The molecule has 1 heteroatoms. The maximum Gasteiger partial charge on any atom is 0.0835 e. The molecule has 0 aromatic heterocycles. The molecule has 1 aromatic rings. The maximum atomic E-state index is 9.35. The Bertz CT molecular complexity index is 320. The van der Waals surface area contributed by atoms with Gasteiger partial charge >= 0.3 is 0 Å². The summed E-state index contributed by atoms with van der Waals surface area (Å²) in [7, 11) is 0. The third-order valence-electron chi connectivity index (χ3n) is 3.05. The van der Waals surface area contributed by atoms with Crippen LogP contribution in [0, 0.1) is 5.92 Å². The van der Waals surface area contributed by atoms with Crippen molar-refractivity contribution in [3.05, 3.63) is 48.1 Å². The van der Waals surface area contributed by atoms with Gasteiger partial charge in [-0.1, -0.05) is 49.6 Å². The molecule has 15 heavy (non-hydrogen) atoms. The molecular weight excluding hydrogens is 184 g/mol. The van der Waals surface area contributed by atoms with Crippen LogP contribution in [0.4, 0.5) is 0 Å². The zero-order valence-corrected chi connectivity index (χ0v) is 8.95. The van der Waals surface area contributed by atoms with Gasteiger partial charge in [-0.2, -0.15) is 0 Å². The minimum Gasteiger partial charge on any atom is -0.515 e. The first-order valence-corrected chi connectivity index (χ1v) is 5.66. The number of benzene rings is 1. The van der Waals surface area contributed by atoms with Gasteiger partial charge in [-0.25, -0.2) is 0 Å². The Labute approximate surface area is 91.4 Å². The van der Waals surface area contributed by atoms with Gasteiger partial charge in [-0.15, -0.1) is 0 Å². The highest BCUT2D eigenvalue weighted by molar-refractivity contribution is 5.75. The van der Waals surface area contributed by atoms with E-state index in [4.69, 9.17) is 0 Å². The molecule has 1 radical (unpaired) electrons. The molecule has 1 N–H and O–H groups in total. The summed E-state index contributed by atoms with van der Waals surface area (Å²) in [6.07, 6.45) is 7.41. The number of hydrogen-bond acceptors (Lipinski definition) is 1. The number of allylic oxidation sites excluding steroid dienone is 1. The third kappa shape index (κ3) is 2.41. The summed E-state index contributed by atoms with van der Waals surface area (Å²) in [4.78, 5) is 0. The summed E-state index contributed by atoms with van der Waals surface area (Å²) < 4.78 is 0. The fraction of sp³-hybridized carbons (Fsp3) is 0.357. The molecule has 1 saturated carbocycles. The van der Waals surface area contributed by atoms with E-state index in [1.165, 1.54) is 31.4 Å². The molecule has 1 fully saturated rings. The number of aliphatic hydroxyl groups is 1. The second-order valence-corrected chi connectivity index (χ2v) is 4.07. The Morgan fingerprint density at radius 1 is 1.00 bits per heavy atom. The predicted molar refractivity (Wildman–Crippen MR) is 63.4 cm³/mol. The van der Waals surface area contributed by atoms with Crippen LogP contribution in [-0.2, 0) is 0 Å². The Morgan fingerprint density at radius 3 is 2.27 bits per heavy atom. The van der Waals surface area contributed by atoms with Gasteiger partial charge in [0.15, 0.2) is 0 Å². The summed E-state index contributed by atoms with van der Waals surface area (Å²) >= 11 is 0. The van der Waals surface area contributed by atoms with Crippen LogP contribution in [0.1, 0.15) is 37.7 Å².